The number of ether oxygens (including phenoxy) is 3. The summed E-state index contributed by atoms with van der Waals surface area (Å²) in [5.74, 6) is -0.657. The second-order valence-electron chi connectivity index (χ2n) is 3.13. The van der Waals surface area contributed by atoms with Gasteiger partial charge in [-0.15, -0.1) is 0 Å². The summed E-state index contributed by atoms with van der Waals surface area (Å²) in [6.07, 6.45) is 2.59. The molecule has 1 aromatic heterocycles. The summed E-state index contributed by atoms with van der Waals surface area (Å²) in [6.45, 7) is 0. The molecule has 0 bridgehead atoms. The molecule has 1 aromatic rings. The molecule has 0 aliphatic heterocycles. The Labute approximate surface area is 104 Å². The number of esters is 2. The minimum Gasteiger partial charge on any atom is -0.494 e. The Morgan fingerprint density at radius 1 is 1.17 bits per heavy atom. The minimum atomic E-state index is -0.564. The number of carbonyl (C=O) groups is 2. The highest BCUT2D eigenvalue weighted by Crippen LogP contribution is 2.18. The predicted molar refractivity (Wildman–Crippen MR) is 63.2 cm³/mol. The fourth-order valence-electron chi connectivity index (χ4n) is 1.19. The molecule has 0 unspecified atom stereocenters. The second kappa shape index (κ2) is 6.39. The van der Waals surface area contributed by atoms with Crippen LogP contribution in [-0.4, -0.2) is 38.3 Å². The summed E-state index contributed by atoms with van der Waals surface area (Å²) in [6, 6.07) is 3.04. The minimum absolute atomic E-state index is 0.128. The lowest BCUT2D eigenvalue weighted by Gasteiger charge is -2.05. The Morgan fingerprint density at radius 3 is 2.44 bits per heavy atom. The molecular formula is C12H13NO5. The topological polar surface area (TPSA) is 74.7 Å². The van der Waals surface area contributed by atoms with Crippen molar-refractivity contribution in [2.45, 2.75) is 0 Å². The van der Waals surface area contributed by atoms with E-state index in [1.807, 2.05) is 0 Å². The van der Waals surface area contributed by atoms with Crippen molar-refractivity contribution >= 4 is 18.0 Å². The number of aromatic nitrogens is 1. The lowest BCUT2D eigenvalue weighted by atomic mass is 10.2. The molecule has 0 radical (unpaired) electrons. The molecule has 0 N–H and O–H groups in total. The molecule has 0 aliphatic rings. The van der Waals surface area contributed by atoms with Crippen LogP contribution in [0, 0.1) is 0 Å². The van der Waals surface area contributed by atoms with E-state index < -0.39 is 11.9 Å². The molecule has 0 saturated carbocycles. The number of hydrogen-bond donors (Lipinski definition) is 0. The molecule has 96 valence electrons. The predicted octanol–water partition coefficient (Wildman–Crippen LogP) is 1.06. The van der Waals surface area contributed by atoms with Crippen LogP contribution in [-0.2, 0) is 14.3 Å². The number of carbonyl (C=O) groups excluding carboxylic acids is 2. The Hall–Kier alpha value is -2.37. The summed E-state index contributed by atoms with van der Waals surface area (Å²) in [4.78, 5) is 26.3. The molecule has 0 aromatic carbocycles. The van der Waals surface area contributed by atoms with Crippen molar-refractivity contribution in [2.24, 2.45) is 0 Å². The second-order valence-corrected chi connectivity index (χ2v) is 3.13. The molecular weight excluding hydrogens is 238 g/mol. The van der Waals surface area contributed by atoms with E-state index in [0.29, 0.717) is 11.4 Å². The van der Waals surface area contributed by atoms with Crippen LogP contribution in [0.15, 0.2) is 18.2 Å². The number of hydrogen-bond acceptors (Lipinski definition) is 6. The van der Waals surface area contributed by atoms with E-state index in [9.17, 15) is 9.59 Å². The van der Waals surface area contributed by atoms with Gasteiger partial charge in [-0.2, -0.15) is 0 Å². The van der Waals surface area contributed by atoms with Gasteiger partial charge in [0.1, 0.15) is 17.1 Å². The van der Waals surface area contributed by atoms with E-state index in [0.717, 1.165) is 0 Å². The van der Waals surface area contributed by atoms with Crippen LogP contribution in [0.25, 0.3) is 6.08 Å². The van der Waals surface area contributed by atoms with E-state index in [2.05, 4.69) is 14.5 Å². The van der Waals surface area contributed by atoms with Crippen LogP contribution in [0.2, 0.25) is 0 Å². The molecule has 0 amide bonds. The van der Waals surface area contributed by atoms with Gasteiger partial charge in [0.05, 0.1) is 21.3 Å². The van der Waals surface area contributed by atoms with Crippen LogP contribution >= 0.6 is 0 Å². The van der Waals surface area contributed by atoms with Crippen molar-refractivity contribution in [1.82, 2.24) is 4.98 Å². The van der Waals surface area contributed by atoms with Gasteiger partial charge in [-0.25, -0.2) is 14.6 Å². The highest BCUT2D eigenvalue weighted by atomic mass is 16.5. The maximum Gasteiger partial charge on any atom is 0.356 e. The van der Waals surface area contributed by atoms with E-state index in [1.165, 1.54) is 39.5 Å². The molecule has 0 aliphatic carbocycles. The molecule has 0 atom stereocenters. The van der Waals surface area contributed by atoms with Crippen LogP contribution in [0.1, 0.15) is 16.2 Å². The third-order valence-electron chi connectivity index (χ3n) is 2.08. The largest absolute Gasteiger partial charge is 0.494 e. The molecule has 0 spiro atoms. The van der Waals surface area contributed by atoms with Crippen molar-refractivity contribution in [3.05, 3.63) is 29.6 Å². The number of methoxy groups -OCH3 is 3. The number of pyridine rings is 1. The van der Waals surface area contributed by atoms with E-state index in [-0.39, 0.29) is 5.69 Å². The first-order valence-corrected chi connectivity index (χ1v) is 5.01. The molecule has 0 saturated heterocycles. The van der Waals surface area contributed by atoms with Gasteiger partial charge in [0.25, 0.3) is 0 Å². The SMILES string of the molecule is COC(=O)C=Cc1nc(C(=O)OC)ccc1OC. The fourth-order valence-corrected chi connectivity index (χ4v) is 1.19. The van der Waals surface area contributed by atoms with Gasteiger partial charge in [0.15, 0.2) is 0 Å². The molecule has 6 heteroatoms. The zero-order valence-corrected chi connectivity index (χ0v) is 10.3. The average molecular weight is 251 g/mol. The third-order valence-corrected chi connectivity index (χ3v) is 2.08. The maximum atomic E-state index is 11.3. The van der Waals surface area contributed by atoms with Gasteiger partial charge in [0, 0.05) is 6.08 Å². The van der Waals surface area contributed by atoms with Crippen LogP contribution < -0.4 is 4.74 Å². The van der Waals surface area contributed by atoms with Crippen molar-refractivity contribution in [1.29, 1.82) is 0 Å². The zero-order valence-electron chi connectivity index (χ0n) is 10.3. The molecule has 1 heterocycles. The number of rotatable bonds is 4. The van der Waals surface area contributed by atoms with Crippen molar-refractivity contribution in [3.8, 4) is 5.75 Å². The van der Waals surface area contributed by atoms with Crippen molar-refractivity contribution in [2.75, 3.05) is 21.3 Å². The summed E-state index contributed by atoms with van der Waals surface area (Å²) in [7, 11) is 3.99. The van der Waals surface area contributed by atoms with E-state index in [4.69, 9.17) is 4.74 Å². The smallest absolute Gasteiger partial charge is 0.356 e. The van der Waals surface area contributed by atoms with Gasteiger partial charge in [-0.3, -0.25) is 0 Å². The standard InChI is InChI=1S/C12H13NO5/c1-16-10-6-4-9(12(15)18-3)13-8(10)5-7-11(14)17-2/h4-7H,1-3H3. The Kier molecular flexibility index (Phi) is 4.86. The van der Waals surface area contributed by atoms with Gasteiger partial charge in [-0.1, -0.05) is 0 Å². The van der Waals surface area contributed by atoms with Gasteiger partial charge >= 0.3 is 11.9 Å². The van der Waals surface area contributed by atoms with Crippen molar-refractivity contribution < 1.29 is 23.8 Å². The first-order chi connectivity index (χ1) is 8.62. The van der Waals surface area contributed by atoms with E-state index in [1.54, 1.807) is 6.07 Å². The van der Waals surface area contributed by atoms with Gasteiger partial charge in [0.2, 0.25) is 0 Å². The third kappa shape index (κ3) is 3.31. The highest BCUT2D eigenvalue weighted by Gasteiger charge is 2.10. The average Bonchev–Trinajstić information content (AvgIpc) is 2.43. The normalized spacial score (nSPS) is 10.2. The number of nitrogens with zero attached hydrogens (tertiary/aromatic N) is 1. The lowest BCUT2D eigenvalue weighted by molar-refractivity contribution is -0.134. The van der Waals surface area contributed by atoms with Gasteiger partial charge < -0.3 is 14.2 Å². The maximum absolute atomic E-state index is 11.3. The zero-order chi connectivity index (χ0) is 13.5. The first-order valence-electron chi connectivity index (χ1n) is 5.01. The summed E-state index contributed by atoms with van der Waals surface area (Å²) >= 11 is 0. The monoisotopic (exact) mass is 251 g/mol. The first kappa shape index (κ1) is 13.7. The lowest BCUT2D eigenvalue weighted by Crippen LogP contribution is -2.06. The van der Waals surface area contributed by atoms with Gasteiger partial charge in [-0.05, 0) is 18.2 Å². The molecule has 0 fully saturated rings. The summed E-state index contributed by atoms with van der Waals surface area (Å²) < 4.78 is 14.1. The summed E-state index contributed by atoms with van der Waals surface area (Å²) in [5.41, 5.74) is 0.466. The van der Waals surface area contributed by atoms with E-state index >= 15 is 0 Å². The van der Waals surface area contributed by atoms with Crippen molar-refractivity contribution in [3.63, 3.8) is 0 Å². The summed E-state index contributed by atoms with van der Waals surface area (Å²) in [5, 5.41) is 0. The van der Waals surface area contributed by atoms with Crippen LogP contribution in [0.4, 0.5) is 0 Å². The molecule has 18 heavy (non-hydrogen) atoms. The molecule has 1 rings (SSSR count). The Morgan fingerprint density at radius 2 is 1.89 bits per heavy atom. The Bertz CT molecular complexity index is 481. The molecule has 6 nitrogen and oxygen atoms in total. The highest BCUT2D eigenvalue weighted by molar-refractivity contribution is 5.89. The quantitative estimate of drug-likeness (QED) is 0.588. The fraction of sp³-hybridized carbons (Fsp3) is 0.250. The van der Waals surface area contributed by atoms with Crippen LogP contribution in [0.3, 0.4) is 0 Å². The van der Waals surface area contributed by atoms with Crippen LogP contribution in [0.5, 0.6) is 5.75 Å². The Balaban J connectivity index is 3.10.